The van der Waals surface area contributed by atoms with Crippen LogP contribution in [0.15, 0.2) is 47.5 Å². The molecule has 7 nitrogen and oxygen atoms in total. The molecule has 1 aliphatic heterocycles. The monoisotopic (exact) mass is 461 g/mol. The van der Waals surface area contributed by atoms with Crippen LogP contribution in [0, 0.1) is 23.7 Å². The fourth-order valence-electron chi connectivity index (χ4n) is 4.91. The van der Waals surface area contributed by atoms with Crippen molar-refractivity contribution in [3.05, 3.63) is 54.4 Å². The van der Waals surface area contributed by atoms with Gasteiger partial charge in [0.15, 0.2) is 12.1 Å². The molecule has 34 heavy (non-hydrogen) atoms. The number of hydrogen-bond acceptors (Lipinski definition) is 6. The number of carboxylic acid groups (broad SMARTS) is 1. The summed E-state index contributed by atoms with van der Waals surface area (Å²) in [6.07, 6.45) is 9.92. The van der Waals surface area contributed by atoms with Gasteiger partial charge in [-0.1, -0.05) is 5.92 Å². The van der Waals surface area contributed by atoms with E-state index in [4.69, 9.17) is 9.15 Å². The zero-order chi connectivity index (χ0) is 23.8. The molecule has 2 unspecified atom stereocenters. The molecule has 0 bridgehead atoms. The lowest BCUT2D eigenvalue weighted by molar-refractivity contribution is -0.137. The highest BCUT2D eigenvalue weighted by molar-refractivity contribution is 5.83. The number of rotatable bonds is 9. The van der Waals surface area contributed by atoms with Gasteiger partial charge < -0.3 is 14.3 Å². The van der Waals surface area contributed by atoms with Crippen molar-refractivity contribution in [2.24, 2.45) is 11.8 Å². The van der Waals surface area contributed by atoms with Crippen LogP contribution in [0.3, 0.4) is 0 Å². The molecule has 0 spiro atoms. The predicted molar refractivity (Wildman–Crippen MR) is 130 cm³/mol. The number of aryl methyl sites for hydroxylation is 1. The maximum atomic E-state index is 11.2. The number of likely N-dealkylation sites (tertiary alicyclic amines) is 1. The molecular weight excluding hydrogens is 430 g/mol. The second kappa shape index (κ2) is 11.7. The van der Waals surface area contributed by atoms with Crippen LogP contribution < -0.4 is 4.74 Å². The van der Waals surface area contributed by atoms with Gasteiger partial charge in [0, 0.05) is 24.5 Å². The van der Waals surface area contributed by atoms with Gasteiger partial charge in [-0.15, -0.1) is 0 Å². The number of aromatic nitrogens is 2. The van der Waals surface area contributed by atoms with E-state index in [1.165, 1.54) is 18.2 Å². The summed E-state index contributed by atoms with van der Waals surface area (Å²) in [7, 11) is 1.68. The Morgan fingerprint density at radius 2 is 2.18 bits per heavy atom. The van der Waals surface area contributed by atoms with Crippen LogP contribution in [0.1, 0.15) is 43.4 Å². The molecule has 1 fully saturated rings. The van der Waals surface area contributed by atoms with Gasteiger partial charge in [0.1, 0.15) is 12.0 Å². The quantitative estimate of drug-likeness (QED) is 0.472. The number of carbonyl (C=O) groups is 1. The Morgan fingerprint density at radius 3 is 2.97 bits per heavy atom. The number of methoxy groups -OCH3 is 1. The van der Waals surface area contributed by atoms with Gasteiger partial charge in [-0.3, -0.25) is 14.7 Å². The van der Waals surface area contributed by atoms with Crippen molar-refractivity contribution in [2.75, 3.05) is 26.7 Å². The van der Waals surface area contributed by atoms with Crippen LogP contribution in [-0.4, -0.2) is 52.7 Å². The summed E-state index contributed by atoms with van der Waals surface area (Å²) in [5.41, 5.74) is 2.91. The van der Waals surface area contributed by atoms with Gasteiger partial charge >= 0.3 is 5.97 Å². The molecule has 1 aliphatic rings. The lowest BCUT2D eigenvalue weighted by atomic mass is 9.79. The highest BCUT2D eigenvalue weighted by Gasteiger charge is 2.29. The Labute approximate surface area is 200 Å². The van der Waals surface area contributed by atoms with E-state index in [-0.39, 0.29) is 6.42 Å². The summed E-state index contributed by atoms with van der Waals surface area (Å²) in [6, 6.07) is 8.10. The predicted octanol–water partition coefficient (Wildman–Crippen LogP) is 4.41. The zero-order valence-electron chi connectivity index (χ0n) is 19.6. The largest absolute Gasteiger partial charge is 0.497 e. The van der Waals surface area contributed by atoms with E-state index >= 15 is 0 Å². The first kappa shape index (κ1) is 23.8. The molecule has 3 aromatic rings. The Kier molecular flexibility index (Phi) is 8.16. The Morgan fingerprint density at radius 1 is 1.26 bits per heavy atom. The third-order valence-electron chi connectivity index (χ3n) is 6.72. The van der Waals surface area contributed by atoms with Crippen molar-refractivity contribution < 1.29 is 19.1 Å². The number of pyridine rings is 1. The second-order valence-corrected chi connectivity index (χ2v) is 8.90. The van der Waals surface area contributed by atoms with Crippen molar-refractivity contribution in [1.82, 2.24) is 14.9 Å². The summed E-state index contributed by atoms with van der Waals surface area (Å²) in [5, 5.41) is 10.4. The molecule has 0 radical (unpaired) electrons. The summed E-state index contributed by atoms with van der Waals surface area (Å²) in [4.78, 5) is 22.1. The van der Waals surface area contributed by atoms with Crippen molar-refractivity contribution in [3.63, 3.8) is 0 Å². The topological polar surface area (TPSA) is 88.7 Å². The Bertz CT molecular complexity index is 1150. The summed E-state index contributed by atoms with van der Waals surface area (Å²) in [6.45, 7) is 2.53. The molecule has 1 aromatic carbocycles. The van der Waals surface area contributed by atoms with Crippen LogP contribution in [-0.2, 0) is 11.2 Å². The summed E-state index contributed by atoms with van der Waals surface area (Å²) in [5.74, 6) is 7.21. The minimum Gasteiger partial charge on any atom is -0.497 e. The molecular formula is C27H31N3O4. The number of fused-ring (bicyclic) bond motifs is 1. The van der Waals surface area contributed by atoms with Crippen molar-refractivity contribution in [1.29, 1.82) is 0 Å². The standard InChI is InChI=1S/C27H31N3O4/c1-33-24-8-9-26-25(16-24)21(11-13-28-26)5-2-4-20-12-15-30(17-22(20)7-10-27(31)32)14-3-6-23-18-34-19-29-23/h8-9,11,13,16,18-20,22H,2,4-5,7,10,12,14-15,17H2,1H3,(H,31,32). The van der Waals surface area contributed by atoms with Gasteiger partial charge in [-0.2, -0.15) is 0 Å². The number of nitrogens with zero attached hydrogens (tertiary/aromatic N) is 3. The SMILES string of the molecule is COc1ccc2nccc(CCCC3CCN(CC#Cc4cocn4)CC3CCC(=O)O)c2c1. The number of hydrogen-bond donors (Lipinski definition) is 1. The summed E-state index contributed by atoms with van der Waals surface area (Å²) < 4.78 is 10.4. The lowest BCUT2D eigenvalue weighted by Crippen LogP contribution is -2.41. The van der Waals surface area contributed by atoms with Gasteiger partial charge in [0.25, 0.3) is 0 Å². The molecule has 2 aromatic heterocycles. The number of oxazole rings is 1. The number of piperidine rings is 1. The molecule has 0 amide bonds. The third-order valence-corrected chi connectivity index (χ3v) is 6.72. The van der Waals surface area contributed by atoms with Crippen LogP contribution in [0.25, 0.3) is 10.9 Å². The van der Waals surface area contributed by atoms with Crippen LogP contribution in [0.5, 0.6) is 5.75 Å². The maximum Gasteiger partial charge on any atom is 0.303 e. The Hall–Kier alpha value is -3.37. The molecule has 1 saturated heterocycles. The van der Waals surface area contributed by atoms with E-state index in [1.807, 2.05) is 18.3 Å². The van der Waals surface area contributed by atoms with Crippen LogP contribution in [0.4, 0.5) is 0 Å². The first-order valence-corrected chi connectivity index (χ1v) is 11.8. The normalized spacial score (nSPS) is 18.4. The lowest BCUT2D eigenvalue weighted by Gasteiger charge is -2.38. The van der Waals surface area contributed by atoms with E-state index in [0.29, 0.717) is 30.5 Å². The number of carboxylic acids is 1. The average molecular weight is 462 g/mol. The number of benzene rings is 1. The molecule has 7 heteroatoms. The first-order chi connectivity index (χ1) is 16.6. The molecule has 3 heterocycles. The first-order valence-electron chi connectivity index (χ1n) is 11.8. The fraction of sp³-hybridized carbons (Fsp3) is 0.444. The Balaban J connectivity index is 1.35. The smallest absolute Gasteiger partial charge is 0.303 e. The van der Waals surface area contributed by atoms with E-state index < -0.39 is 5.97 Å². The van der Waals surface area contributed by atoms with E-state index in [1.54, 1.807) is 7.11 Å². The highest BCUT2D eigenvalue weighted by Crippen LogP contribution is 2.32. The summed E-state index contributed by atoms with van der Waals surface area (Å²) >= 11 is 0. The fourth-order valence-corrected chi connectivity index (χ4v) is 4.91. The minimum atomic E-state index is -0.723. The van der Waals surface area contributed by atoms with E-state index in [9.17, 15) is 9.90 Å². The molecule has 0 aliphatic carbocycles. The minimum absolute atomic E-state index is 0.217. The highest BCUT2D eigenvalue weighted by atomic mass is 16.5. The van der Waals surface area contributed by atoms with Gasteiger partial charge in [0.2, 0.25) is 0 Å². The molecule has 4 rings (SSSR count). The van der Waals surface area contributed by atoms with Gasteiger partial charge in [0.05, 0.1) is 19.2 Å². The van der Waals surface area contributed by atoms with Crippen LogP contribution >= 0.6 is 0 Å². The molecule has 178 valence electrons. The van der Waals surface area contributed by atoms with Crippen molar-refractivity contribution in [2.45, 2.75) is 38.5 Å². The van der Waals surface area contributed by atoms with E-state index in [2.05, 4.69) is 38.8 Å². The van der Waals surface area contributed by atoms with E-state index in [0.717, 1.165) is 55.4 Å². The number of aliphatic carboxylic acids is 1. The third kappa shape index (κ3) is 6.36. The van der Waals surface area contributed by atoms with Gasteiger partial charge in [-0.25, -0.2) is 4.98 Å². The van der Waals surface area contributed by atoms with Crippen molar-refractivity contribution >= 4 is 16.9 Å². The zero-order valence-corrected chi connectivity index (χ0v) is 19.6. The average Bonchev–Trinajstić information content (AvgIpc) is 3.37. The molecule has 0 saturated carbocycles. The molecule has 2 atom stereocenters. The van der Waals surface area contributed by atoms with Crippen molar-refractivity contribution in [3.8, 4) is 17.6 Å². The van der Waals surface area contributed by atoms with Gasteiger partial charge in [-0.05, 0) is 86.2 Å². The molecule has 1 N–H and O–H groups in total. The maximum absolute atomic E-state index is 11.2. The second-order valence-electron chi connectivity index (χ2n) is 8.90. The number of ether oxygens (including phenoxy) is 1. The van der Waals surface area contributed by atoms with Crippen LogP contribution in [0.2, 0.25) is 0 Å².